The highest BCUT2D eigenvalue weighted by atomic mass is 35.5. The molecule has 10 heteroatoms. The normalized spacial score (nSPS) is 20.2. The van der Waals surface area contributed by atoms with Crippen molar-refractivity contribution in [1.82, 2.24) is 9.55 Å². The van der Waals surface area contributed by atoms with Crippen molar-refractivity contribution < 1.29 is 19.4 Å². The summed E-state index contributed by atoms with van der Waals surface area (Å²) in [7, 11) is 0. The van der Waals surface area contributed by atoms with Crippen LogP contribution in [0.15, 0.2) is 66.1 Å². The summed E-state index contributed by atoms with van der Waals surface area (Å²) in [5, 5.41) is 10.3. The molecule has 2 heterocycles. The molecule has 1 aliphatic rings. The Labute approximate surface area is 206 Å². The molecule has 2 atom stereocenters. The van der Waals surface area contributed by atoms with E-state index in [0.29, 0.717) is 46.7 Å². The van der Waals surface area contributed by atoms with E-state index in [0.717, 1.165) is 4.90 Å². The largest absolute Gasteiger partial charge is 0.465 e. The number of hydrogen-bond donors (Lipinski definition) is 1. The van der Waals surface area contributed by atoms with Crippen LogP contribution in [-0.4, -0.2) is 45.8 Å². The fraction of sp³-hybridized carbons (Fsp3) is 0.304. The molecular weight excluding hydrogens is 485 g/mol. The van der Waals surface area contributed by atoms with Gasteiger partial charge >= 0.3 is 6.09 Å². The lowest BCUT2D eigenvalue weighted by Gasteiger charge is -2.30. The van der Waals surface area contributed by atoms with Crippen molar-refractivity contribution in [2.45, 2.75) is 30.3 Å². The molecule has 0 spiro atoms. The standard InChI is InChI=1S/C23H23Cl2N3O4S/c1-2-28(22(29)30)17-4-6-19(7-5-17)33-13-18-12-31-23(32-18,14-27-10-9-26-15-27)20-8-3-16(24)11-21(20)25/h3-11,15,18H,2,12-14H2,1H3,(H,29,30)/t18-,23+/m0/s1. The fourth-order valence-electron chi connectivity index (χ4n) is 3.72. The van der Waals surface area contributed by atoms with Gasteiger partial charge < -0.3 is 19.1 Å². The first kappa shape index (κ1) is 23.9. The molecule has 1 amide bonds. The molecule has 33 heavy (non-hydrogen) atoms. The van der Waals surface area contributed by atoms with E-state index in [-0.39, 0.29) is 6.10 Å². The number of halogens is 2. The number of amides is 1. The van der Waals surface area contributed by atoms with Gasteiger partial charge in [-0.2, -0.15) is 0 Å². The van der Waals surface area contributed by atoms with Crippen LogP contribution < -0.4 is 4.90 Å². The van der Waals surface area contributed by atoms with Gasteiger partial charge in [-0.3, -0.25) is 4.90 Å². The predicted molar refractivity (Wildman–Crippen MR) is 129 cm³/mol. The van der Waals surface area contributed by atoms with Crippen molar-refractivity contribution >= 4 is 46.7 Å². The van der Waals surface area contributed by atoms with Gasteiger partial charge in [-0.1, -0.05) is 29.3 Å². The van der Waals surface area contributed by atoms with E-state index in [4.69, 9.17) is 32.7 Å². The van der Waals surface area contributed by atoms with Gasteiger partial charge in [0.15, 0.2) is 0 Å². The molecule has 1 saturated heterocycles. The van der Waals surface area contributed by atoms with Crippen molar-refractivity contribution in [3.63, 3.8) is 0 Å². The minimum absolute atomic E-state index is 0.170. The monoisotopic (exact) mass is 507 g/mol. The minimum atomic E-state index is -1.05. The number of imidazole rings is 1. The maximum atomic E-state index is 11.3. The average molecular weight is 508 g/mol. The van der Waals surface area contributed by atoms with E-state index in [9.17, 15) is 9.90 Å². The van der Waals surface area contributed by atoms with Gasteiger partial charge in [-0.15, -0.1) is 11.8 Å². The third-order valence-electron chi connectivity index (χ3n) is 5.28. The highest BCUT2D eigenvalue weighted by Gasteiger charge is 2.45. The van der Waals surface area contributed by atoms with Crippen LogP contribution in [0, 0.1) is 0 Å². The highest BCUT2D eigenvalue weighted by Crippen LogP contribution is 2.41. The second kappa shape index (κ2) is 10.4. The lowest BCUT2D eigenvalue weighted by Crippen LogP contribution is -2.34. The maximum absolute atomic E-state index is 11.3. The van der Waals surface area contributed by atoms with Crippen molar-refractivity contribution in [3.8, 4) is 0 Å². The van der Waals surface area contributed by atoms with E-state index >= 15 is 0 Å². The molecule has 0 saturated carbocycles. The number of ether oxygens (including phenoxy) is 2. The Morgan fingerprint density at radius 2 is 2.09 bits per heavy atom. The molecule has 0 unspecified atom stereocenters. The topological polar surface area (TPSA) is 76.8 Å². The molecule has 1 aliphatic heterocycles. The number of aromatic nitrogens is 2. The molecular formula is C23H23Cl2N3O4S. The summed E-state index contributed by atoms with van der Waals surface area (Å²) in [6.45, 7) is 2.99. The Balaban J connectivity index is 1.46. The van der Waals surface area contributed by atoms with Crippen LogP contribution in [0.25, 0.3) is 0 Å². The molecule has 0 aliphatic carbocycles. The summed E-state index contributed by atoms with van der Waals surface area (Å²) in [4.78, 5) is 17.7. The van der Waals surface area contributed by atoms with Gasteiger partial charge in [0.25, 0.3) is 0 Å². The Kier molecular flexibility index (Phi) is 7.51. The number of carbonyl (C=O) groups is 1. The molecule has 0 bridgehead atoms. The number of rotatable bonds is 8. The molecule has 174 valence electrons. The van der Waals surface area contributed by atoms with Crippen molar-refractivity contribution in [1.29, 1.82) is 0 Å². The zero-order valence-electron chi connectivity index (χ0n) is 17.9. The maximum Gasteiger partial charge on any atom is 0.411 e. The van der Waals surface area contributed by atoms with Crippen LogP contribution in [0.4, 0.5) is 10.5 Å². The van der Waals surface area contributed by atoms with E-state index in [1.54, 1.807) is 43.3 Å². The summed E-state index contributed by atoms with van der Waals surface area (Å²) < 4.78 is 14.6. The van der Waals surface area contributed by atoms with Gasteiger partial charge in [0.2, 0.25) is 5.79 Å². The molecule has 1 aromatic heterocycles. The first-order chi connectivity index (χ1) is 15.9. The van der Waals surface area contributed by atoms with Gasteiger partial charge in [-0.05, 0) is 43.3 Å². The molecule has 4 rings (SSSR count). The molecule has 0 radical (unpaired) electrons. The third kappa shape index (κ3) is 5.47. The number of hydrogen-bond acceptors (Lipinski definition) is 5. The lowest BCUT2D eigenvalue weighted by atomic mass is 10.1. The van der Waals surface area contributed by atoms with Crippen LogP contribution in [0.1, 0.15) is 12.5 Å². The van der Waals surface area contributed by atoms with Gasteiger partial charge in [0.05, 0.1) is 30.6 Å². The van der Waals surface area contributed by atoms with Crippen molar-refractivity contribution in [2.24, 2.45) is 0 Å². The van der Waals surface area contributed by atoms with E-state index in [1.807, 2.05) is 41.1 Å². The van der Waals surface area contributed by atoms with E-state index in [1.165, 1.54) is 4.90 Å². The Hall–Kier alpha value is -2.23. The minimum Gasteiger partial charge on any atom is -0.465 e. The van der Waals surface area contributed by atoms with Crippen LogP contribution in [0.2, 0.25) is 10.0 Å². The smallest absolute Gasteiger partial charge is 0.411 e. The third-order valence-corrected chi connectivity index (χ3v) is 6.97. The Morgan fingerprint density at radius 1 is 1.30 bits per heavy atom. The summed E-state index contributed by atoms with van der Waals surface area (Å²) in [6.07, 6.45) is 4.12. The fourth-order valence-corrected chi connectivity index (χ4v) is 5.14. The zero-order chi connectivity index (χ0) is 23.4. The molecule has 3 aromatic rings. The lowest BCUT2D eigenvalue weighted by molar-refractivity contribution is -0.184. The second-order valence-corrected chi connectivity index (χ2v) is 9.43. The molecule has 7 nitrogen and oxygen atoms in total. The molecule has 2 aromatic carbocycles. The Bertz CT molecular complexity index is 1100. The number of nitrogens with zero attached hydrogens (tertiary/aromatic N) is 3. The van der Waals surface area contributed by atoms with Gasteiger partial charge in [-0.25, -0.2) is 9.78 Å². The van der Waals surface area contributed by atoms with E-state index in [2.05, 4.69) is 4.98 Å². The van der Waals surface area contributed by atoms with Gasteiger partial charge in [0.1, 0.15) is 0 Å². The zero-order valence-corrected chi connectivity index (χ0v) is 20.2. The average Bonchev–Trinajstić information content (AvgIpc) is 3.44. The van der Waals surface area contributed by atoms with Crippen molar-refractivity contribution in [3.05, 3.63) is 76.8 Å². The first-order valence-electron chi connectivity index (χ1n) is 10.4. The number of benzene rings is 2. The first-order valence-corrected chi connectivity index (χ1v) is 12.1. The van der Waals surface area contributed by atoms with Gasteiger partial charge in [0, 0.05) is 45.9 Å². The summed E-state index contributed by atoms with van der Waals surface area (Å²) in [5.41, 5.74) is 1.36. The predicted octanol–water partition coefficient (Wildman–Crippen LogP) is 5.75. The van der Waals surface area contributed by atoms with Crippen LogP contribution in [-0.2, 0) is 21.8 Å². The molecule has 1 N–H and O–H groups in total. The highest BCUT2D eigenvalue weighted by molar-refractivity contribution is 7.99. The number of anilines is 1. The quantitative estimate of drug-likeness (QED) is 0.390. The summed E-state index contributed by atoms with van der Waals surface area (Å²) in [6, 6.07) is 12.7. The SMILES string of the molecule is CCN(C(=O)O)c1ccc(SC[C@@H]2CO[C@@](Cn3ccnc3)(c3ccc(Cl)cc3Cl)O2)cc1. The van der Waals surface area contributed by atoms with Crippen molar-refractivity contribution in [2.75, 3.05) is 23.8 Å². The second-order valence-electron chi connectivity index (χ2n) is 7.49. The van der Waals surface area contributed by atoms with Crippen LogP contribution >= 0.6 is 35.0 Å². The summed E-state index contributed by atoms with van der Waals surface area (Å²) in [5.74, 6) is -0.396. The summed E-state index contributed by atoms with van der Waals surface area (Å²) >= 11 is 14.2. The number of carboxylic acid groups (broad SMARTS) is 1. The Morgan fingerprint density at radius 3 is 2.73 bits per heavy atom. The number of thioether (sulfide) groups is 1. The van der Waals surface area contributed by atoms with Crippen LogP contribution in [0.5, 0.6) is 0 Å². The molecule has 1 fully saturated rings. The van der Waals surface area contributed by atoms with E-state index < -0.39 is 11.9 Å². The van der Waals surface area contributed by atoms with Crippen LogP contribution in [0.3, 0.4) is 0 Å².